The Balaban J connectivity index is 1.80. The van der Waals surface area contributed by atoms with Gasteiger partial charge in [0.2, 0.25) is 0 Å². The number of ketones is 2. The van der Waals surface area contributed by atoms with E-state index in [0.29, 0.717) is 11.5 Å². The first kappa shape index (κ1) is 10.9. The van der Waals surface area contributed by atoms with E-state index in [0.717, 1.165) is 12.0 Å². The number of benzene rings is 1. The summed E-state index contributed by atoms with van der Waals surface area (Å²) in [6, 6.07) is 9.53. The first-order valence-electron chi connectivity index (χ1n) is 6.79. The van der Waals surface area contributed by atoms with Crippen LogP contribution in [0.1, 0.15) is 12.0 Å². The molecule has 1 fully saturated rings. The predicted octanol–water partition coefficient (Wildman–Crippen LogP) is 2.66. The van der Waals surface area contributed by atoms with Crippen molar-refractivity contribution in [1.29, 1.82) is 0 Å². The average molecular weight is 250 g/mol. The molecule has 3 aliphatic carbocycles. The van der Waals surface area contributed by atoms with Gasteiger partial charge in [-0.3, -0.25) is 9.59 Å². The van der Waals surface area contributed by atoms with E-state index in [-0.39, 0.29) is 29.3 Å². The summed E-state index contributed by atoms with van der Waals surface area (Å²) in [6.45, 7) is 0. The number of carbonyl (C=O) groups excluding carboxylic acids is 2. The first-order valence-corrected chi connectivity index (χ1v) is 6.79. The van der Waals surface area contributed by atoms with Crippen molar-refractivity contribution >= 4 is 17.1 Å². The fourth-order valence-electron chi connectivity index (χ4n) is 3.90. The van der Waals surface area contributed by atoms with Gasteiger partial charge in [-0.2, -0.15) is 0 Å². The lowest BCUT2D eigenvalue weighted by Crippen LogP contribution is -2.36. The molecule has 2 bridgehead atoms. The van der Waals surface area contributed by atoms with Gasteiger partial charge in [0, 0.05) is 17.4 Å². The van der Waals surface area contributed by atoms with Crippen LogP contribution in [-0.2, 0) is 9.59 Å². The van der Waals surface area contributed by atoms with Crippen LogP contribution in [0, 0.1) is 23.7 Å². The van der Waals surface area contributed by atoms with E-state index in [9.17, 15) is 9.59 Å². The third kappa shape index (κ3) is 1.43. The van der Waals surface area contributed by atoms with Crippen molar-refractivity contribution in [3.05, 3.63) is 54.1 Å². The molecule has 94 valence electrons. The van der Waals surface area contributed by atoms with Gasteiger partial charge in [0.15, 0.2) is 11.6 Å². The highest BCUT2D eigenvalue weighted by molar-refractivity contribution is 6.29. The summed E-state index contributed by atoms with van der Waals surface area (Å²) in [4.78, 5) is 25.0. The maximum absolute atomic E-state index is 12.7. The van der Waals surface area contributed by atoms with E-state index in [1.54, 1.807) is 6.08 Å². The minimum absolute atomic E-state index is 0.0880. The van der Waals surface area contributed by atoms with Gasteiger partial charge < -0.3 is 0 Å². The Labute approximate surface area is 111 Å². The molecule has 0 unspecified atom stereocenters. The molecule has 1 aromatic carbocycles. The second-order valence-electron chi connectivity index (χ2n) is 5.69. The molecule has 0 saturated heterocycles. The highest BCUT2D eigenvalue weighted by atomic mass is 16.1. The van der Waals surface area contributed by atoms with Gasteiger partial charge in [0.25, 0.3) is 0 Å². The van der Waals surface area contributed by atoms with Crippen LogP contribution in [0.15, 0.2) is 48.6 Å². The molecule has 2 nitrogen and oxygen atoms in total. The summed E-state index contributed by atoms with van der Waals surface area (Å²) in [5.74, 6) is 0.671. The van der Waals surface area contributed by atoms with Gasteiger partial charge in [-0.1, -0.05) is 42.5 Å². The standard InChI is InChI=1S/C17H14O2/c18-14-9-13(10-4-2-1-3-5-10)17(19)16-12-7-6-11(8-12)15(14)16/h1-7,9,11-12,15-16H,8H2/t11-,12-,15-,16-/m0/s1. The van der Waals surface area contributed by atoms with Gasteiger partial charge in [0.1, 0.15) is 0 Å². The molecule has 0 N–H and O–H groups in total. The van der Waals surface area contributed by atoms with Crippen LogP contribution in [0.25, 0.3) is 5.57 Å². The molecule has 0 heterocycles. The minimum Gasteiger partial charge on any atom is -0.294 e. The van der Waals surface area contributed by atoms with Crippen molar-refractivity contribution in [2.24, 2.45) is 23.7 Å². The number of fused-ring (bicyclic) bond motifs is 5. The topological polar surface area (TPSA) is 34.1 Å². The van der Waals surface area contributed by atoms with Crippen LogP contribution < -0.4 is 0 Å². The Bertz CT molecular complexity index is 624. The molecule has 1 aromatic rings. The van der Waals surface area contributed by atoms with Gasteiger partial charge in [-0.05, 0) is 29.9 Å². The molecule has 2 heteroatoms. The molecule has 4 atom stereocenters. The Morgan fingerprint density at radius 3 is 2.32 bits per heavy atom. The number of hydrogen-bond acceptors (Lipinski definition) is 2. The van der Waals surface area contributed by atoms with Crippen molar-refractivity contribution in [3.63, 3.8) is 0 Å². The maximum atomic E-state index is 12.7. The van der Waals surface area contributed by atoms with Crippen LogP contribution >= 0.6 is 0 Å². The van der Waals surface area contributed by atoms with Gasteiger partial charge in [-0.15, -0.1) is 0 Å². The summed E-state index contributed by atoms with van der Waals surface area (Å²) in [5, 5.41) is 0. The number of Topliss-reactive ketones (excluding diaryl/α,β-unsaturated/α-hetero) is 1. The molecule has 1 saturated carbocycles. The molecule has 4 rings (SSSR count). The Morgan fingerprint density at radius 1 is 0.895 bits per heavy atom. The molecule has 0 spiro atoms. The van der Waals surface area contributed by atoms with Crippen molar-refractivity contribution in [3.8, 4) is 0 Å². The molecular formula is C17H14O2. The van der Waals surface area contributed by atoms with Crippen molar-refractivity contribution < 1.29 is 9.59 Å². The van der Waals surface area contributed by atoms with Crippen LogP contribution in [-0.4, -0.2) is 11.6 Å². The zero-order valence-corrected chi connectivity index (χ0v) is 10.5. The Kier molecular flexibility index (Phi) is 2.16. The van der Waals surface area contributed by atoms with Gasteiger partial charge >= 0.3 is 0 Å². The average Bonchev–Trinajstić information content (AvgIpc) is 3.05. The van der Waals surface area contributed by atoms with Gasteiger partial charge in [-0.25, -0.2) is 0 Å². The monoisotopic (exact) mass is 250 g/mol. The third-order valence-corrected chi connectivity index (χ3v) is 4.73. The number of hydrogen-bond donors (Lipinski definition) is 0. The third-order valence-electron chi connectivity index (χ3n) is 4.73. The highest BCUT2D eigenvalue weighted by Gasteiger charge is 2.53. The predicted molar refractivity (Wildman–Crippen MR) is 72.2 cm³/mol. The highest BCUT2D eigenvalue weighted by Crippen LogP contribution is 2.52. The summed E-state index contributed by atoms with van der Waals surface area (Å²) in [5.41, 5.74) is 1.47. The van der Waals surface area contributed by atoms with Crippen molar-refractivity contribution in [2.45, 2.75) is 6.42 Å². The number of allylic oxidation sites excluding steroid dienone is 4. The van der Waals surface area contributed by atoms with Crippen molar-refractivity contribution in [2.75, 3.05) is 0 Å². The fraction of sp³-hybridized carbons (Fsp3) is 0.294. The lowest BCUT2D eigenvalue weighted by Gasteiger charge is -2.29. The molecule has 0 aromatic heterocycles. The smallest absolute Gasteiger partial charge is 0.168 e. The lowest BCUT2D eigenvalue weighted by molar-refractivity contribution is -0.128. The van der Waals surface area contributed by atoms with E-state index in [4.69, 9.17) is 0 Å². The molecule has 0 aliphatic heterocycles. The molecule has 19 heavy (non-hydrogen) atoms. The zero-order chi connectivity index (χ0) is 13.0. The lowest BCUT2D eigenvalue weighted by atomic mass is 9.71. The quantitative estimate of drug-likeness (QED) is 0.718. The first-order chi connectivity index (χ1) is 9.25. The molecule has 3 aliphatic rings. The van der Waals surface area contributed by atoms with Crippen LogP contribution in [0.5, 0.6) is 0 Å². The molecule has 0 radical (unpaired) electrons. The second kappa shape index (κ2) is 3.77. The summed E-state index contributed by atoms with van der Waals surface area (Å²) in [6.07, 6.45) is 6.80. The van der Waals surface area contributed by atoms with E-state index < -0.39 is 0 Å². The van der Waals surface area contributed by atoms with Crippen LogP contribution in [0.4, 0.5) is 0 Å². The molecular weight excluding hydrogens is 236 g/mol. The zero-order valence-electron chi connectivity index (χ0n) is 10.5. The van der Waals surface area contributed by atoms with E-state index >= 15 is 0 Å². The largest absolute Gasteiger partial charge is 0.294 e. The Morgan fingerprint density at radius 2 is 1.58 bits per heavy atom. The van der Waals surface area contributed by atoms with E-state index in [2.05, 4.69) is 12.2 Å². The SMILES string of the molecule is O=C1C(c2ccccc2)=CC(=O)[C@H]2[C@@H]1[C@H]1C=C[C@H]2C1. The summed E-state index contributed by atoms with van der Waals surface area (Å²) in [7, 11) is 0. The fourth-order valence-corrected chi connectivity index (χ4v) is 3.90. The maximum Gasteiger partial charge on any atom is 0.168 e. The summed E-state index contributed by atoms with van der Waals surface area (Å²) < 4.78 is 0. The van der Waals surface area contributed by atoms with Crippen LogP contribution in [0.2, 0.25) is 0 Å². The van der Waals surface area contributed by atoms with E-state index in [1.165, 1.54) is 0 Å². The van der Waals surface area contributed by atoms with Gasteiger partial charge in [0.05, 0.1) is 0 Å². The second-order valence-corrected chi connectivity index (χ2v) is 5.69. The normalized spacial score (nSPS) is 35.5. The van der Waals surface area contributed by atoms with E-state index in [1.807, 2.05) is 30.3 Å². The minimum atomic E-state index is -0.109. The number of rotatable bonds is 1. The molecule has 0 amide bonds. The van der Waals surface area contributed by atoms with Crippen molar-refractivity contribution in [1.82, 2.24) is 0 Å². The summed E-state index contributed by atoms with van der Waals surface area (Å²) >= 11 is 0. The van der Waals surface area contributed by atoms with Crippen LogP contribution in [0.3, 0.4) is 0 Å². The number of carbonyl (C=O) groups is 2. The Hall–Kier alpha value is -1.96.